The number of hydrogen-bond donors (Lipinski definition) is 2. The van der Waals surface area contributed by atoms with Gasteiger partial charge >= 0.3 is 0 Å². The summed E-state index contributed by atoms with van der Waals surface area (Å²) < 4.78 is 17.0. The molecule has 14 heteroatoms. The summed E-state index contributed by atoms with van der Waals surface area (Å²) in [4.78, 5) is 17.2. The normalized spacial score (nSPS) is 11.4. The summed E-state index contributed by atoms with van der Waals surface area (Å²) in [5.41, 5.74) is 11.8. The Hall–Kier alpha value is -4.72. The van der Waals surface area contributed by atoms with Gasteiger partial charge in [0.05, 0.1) is 19.0 Å². The van der Waals surface area contributed by atoms with Crippen LogP contribution in [0.4, 0.5) is 5.82 Å². The molecule has 3 N–H and O–H groups in total. The average molecular weight is 506 g/mol. The first kappa shape index (κ1) is 23.0. The number of nitrogens with zero attached hydrogens (tertiary/aromatic N) is 7. The predicted molar refractivity (Wildman–Crippen MR) is 130 cm³/mol. The number of nitrogen functional groups attached to an aromatic ring is 1. The van der Waals surface area contributed by atoms with Crippen molar-refractivity contribution in [2.45, 2.75) is 17.9 Å². The first-order valence-electron chi connectivity index (χ1n) is 10.5. The van der Waals surface area contributed by atoms with Crippen molar-refractivity contribution < 1.29 is 18.6 Å². The van der Waals surface area contributed by atoms with Gasteiger partial charge in [-0.15, -0.1) is 5.10 Å². The molecule has 1 amide bonds. The number of aromatic nitrogens is 6. The number of anilines is 1. The van der Waals surface area contributed by atoms with E-state index in [1.165, 1.54) is 18.0 Å². The number of para-hydroxylation sites is 2. The van der Waals surface area contributed by atoms with Gasteiger partial charge in [-0.25, -0.2) is 15.0 Å². The summed E-state index contributed by atoms with van der Waals surface area (Å²) in [7, 11) is 1.60. The molecule has 0 unspecified atom stereocenters. The van der Waals surface area contributed by atoms with E-state index in [0.29, 0.717) is 22.4 Å². The number of benzene rings is 2. The second kappa shape index (κ2) is 9.87. The molecule has 0 radical (unpaired) electrons. The van der Waals surface area contributed by atoms with Gasteiger partial charge in [-0.05, 0) is 53.1 Å². The van der Waals surface area contributed by atoms with E-state index in [4.69, 9.17) is 14.9 Å². The number of carbonyl (C=O) groups is 1. The van der Waals surface area contributed by atoms with E-state index in [-0.39, 0.29) is 17.3 Å². The zero-order valence-electron chi connectivity index (χ0n) is 19.1. The molecular weight excluding hydrogens is 486 g/mol. The quantitative estimate of drug-likeness (QED) is 0.180. The molecule has 36 heavy (non-hydrogen) atoms. The highest BCUT2D eigenvalue weighted by atomic mass is 32.2. The number of hydrazone groups is 1. The molecule has 13 nitrogen and oxygen atoms in total. The molecule has 0 aliphatic heterocycles. The van der Waals surface area contributed by atoms with E-state index in [1.54, 1.807) is 14.0 Å². The number of rotatable bonds is 8. The summed E-state index contributed by atoms with van der Waals surface area (Å²) in [6.45, 7) is 1.62. The zero-order valence-corrected chi connectivity index (χ0v) is 19.9. The number of oxazole rings is 1. The van der Waals surface area contributed by atoms with Gasteiger partial charge in [-0.1, -0.05) is 29.1 Å². The first-order chi connectivity index (χ1) is 17.5. The summed E-state index contributed by atoms with van der Waals surface area (Å²) in [5, 5.41) is 19.5. The fourth-order valence-corrected chi connectivity index (χ4v) is 4.18. The Morgan fingerprint density at radius 2 is 2.14 bits per heavy atom. The van der Waals surface area contributed by atoms with Crippen LogP contribution in [-0.2, 0) is 5.75 Å². The summed E-state index contributed by atoms with van der Waals surface area (Å²) >= 11 is 1.45. The molecule has 3 heterocycles. The lowest BCUT2D eigenvalue weighted by Crippen LogP contribution is -2.22. The number of ether oxygens (including phenoxy) is 1. The van der Waals surface area contributed by atoms with Crippen LogP contribution in [0.1, 0.15) is 27.3 Å². The molecule has 0 saturated heterocycles. The van der Waals surface area contributed by atoms with Gasteiger partial charge in [-0.2, -0.15) is 9.78 Å². The van der Waals surface area contributed by atoms with Crippen molar-refractivity contribution >= 4 is 40.8 Å². The number of aryl methyl sites for hydroxylation is 1. The zero-order chi connectivity index (χ0) is 25.1. The topological polar surface area (TPSA) is 172 Å². The maximum atomic E-state index is 12.8. The maximum Gasteiger partial charge on any atom is 0.292 e. The van der Waals surface area contributed by atoms with E-state index >= 15 is 0 Å². The van der Waals surface area contributed by atoms with Crippen LogP contribution in [0, 0.1) is 6.92 Å². The van der Waals surface area contributed by atoms with E-state index in [0.717, 1.165) is 26.9 Å². The van der Waals surface area contributed by atoms with Crippen molar-refractivity contribution in [1.82, 2.24) is 35.7 Å². The minimum Gasteiger partial charge on any atom is -0.496 e. The van der Waals surface area contributed by atoms with Gasteiger partial charge in [0.1, 0.15) is 11.3 Å². The van der Waals surface area contributed by atoms with Crippen LogP contribution in [0.5, 0.6) is 5.75 Å². The molecule has 0 fully saturated rings. The van der Waals surface area contributed by atoms with E-state index < -0.39 is 5.91 Å². The number of carbonyl (C=O) groups excluding carboxylic acids is 1. The Balaban J connectivity index is 1.29. The highest BCUT2D eigenvalue weighted by molar-refractivity contribution is 7.98. The predicted octanol–water partition coefficient (Wildman–Crippen LogP) is 2.75. The van der Waals surface area contributed by atoms with E-state index in [2.05, 4.69) is 40.8 Å². The molecule has 0 spiro atoms. The molecule has 0 saturated carbocycles. The minimum absolute atomic E-state index is 0.0288. The monoisotopic (exact) mass is 505 g/mol. The van der Waals surface area contributed by atoms with Crippen molar-refractivity contribution in [2.24, 2.45) is 5.10 Å². The van der Waals surface area contributed by atoms with Crippen LogP contribution in [0.25, 0.3) is 16.9 Å². The number of amides is 1. The molecule has 182 valence electrons. The highest BCUT2D eigenvalue weighted by Gasteiger charge is 2.22. The molecule has 0 aliphatic carbocycles. The summed E-state index contributed by atoms with van der Waals surface area (Å²) in [6, 6.07) is 13.1. The highest BCUT2D eigenvalue weighted by Crippen LogP contribution is 2.30. The number of thioether (sulfide) groups is 1. The van der Waals surface area contributed by atoms with Crippen molar-refractivity contribution in [2.75, 3.05) is 12.8 Å². The van der Waals surface area contributed by atoms with Crippen molar-refractivity contribution in [3.05, 3.63) is 65.0 Å². The van der Waals surface area contributed by atoms with Crippen LogP contribution in [0.3, 0.4) is 0 Å². The fraction of sp³-hybridized carbons (Fsp3) is 0.136. The van der Waals surface area contributed by atoms with Crippen LogP contribution >= 0.6 is 11.8 Å². The summed E-state index contributed by atoms with van der Waals surface area (Å²) in [5.74, 6) is 0.738. The molecule has 5 rings (SSSR count). The molecule has 0 bridgehead atoms. The van der Waals surface area contributed by atoms with Gasteiger partial charge < -0.3 is 14.9 Å². The van der Waals surface area contributed by atoms with Gasteiger partial charge in [0.25, 0.3) is 11.1 Å². The average Bonchev–Trinajstić information content (AvgIpc) is 3.60. The van der Waals surface area contributed by atoms with Crippen LogP contribution in [0.2, 0.25) is 0 Å². The summed E-state index contributed by atoms with van der Waals surface area (Å²) in [6.07, 6.45) is 1.51. The second-order valence-corrected chi connectivity index (χ2v) is 8.34. The largest absolute Gasteiger partial charge is 0.496 e. The Labute approximate surface area is 207 Å². The van der Waals surface area contributed by atoms with Crippen LogP contribution < -0.4 is 15.9 Å². The Kier molecular flexibility index (Phi) is 6.32. The maximum absolute atomic E-state index is 12.8. The Morgan fingerprint density at radius 1 is 1.28 bits per heavy atom. The lowest BCUT2D eigenvalue weighted by molar-refractivity contribution is 0.0946. The van der Waals surface area contributed by atoms with Gasteiger partial charge in [-0.3, -0.25) is 4.79 Å². The third-order valence-corrected chi connectivity index (χ3v) is 5.94. The molecular formula is C22H19N9O4S. The lowest BCUT2D eigenvalue weighted by Gasteiger charge is -2.08. The van der Waals surface area contributed by atoms with E-state index in [1.807, 2.05) is 42.5 Å². The Morgan fingerprint density at radius 3 is 2.92 bits per heavy atom. The SMILES string of the molecule is COc1ccc(/C=N\NC(=O)c2c(C)nnn2-c2nonc2N)cc1CSc1nc2ccccc2o1. The number of hydrogen-bond acceptors (Lipinski definition) is 12. The number of nitrogens with one attached hydrogen (secondary N) is 1. The third kappa shape index (κ3) is 4.61. The van der Waals surface area contributed by atoms with E-state index in [9.17, 15) is 4.79 Å². The standard InChI is InChI=1S/C22H19N9O4S/c1-12-18(31(30-26-12)20-19(23)28-35-29-20)21(32)27-24-10-13-7-8-16(33-2)14(9-13)11-36-22-25-15-5-3-4-6-17(15)34-22/h3-10H,11H2,1-2H3,(H2,23,28)(H,27,32)/b24-10-. The Bertz CT molecular complexity index is 1540. The number of fused-ring (bicyclic) bond motifs is 1. The minimum atomic E-state index is -0.559. The van der Waals surface area contributed by atoms with Gasteiger partial charge in [0, 0.05) is 11.3 Å². The molecule has 5 aromatic rings. The number of methoxy groups -OCH3 is 1. The van der Waals surface area contributed by atoms with Gasteiger partial charge in [0.2, 0.25) is 11.6 Å². The lowest BCUT2D eigenvalue weighted by atomic mass is 10.1. The molecule has 2 aromatic carbocycles. The molecule has 0 aliphatic rings. The van der Waals surface area contributed by atoms with Crippen molar-refractivity contribution in [3.8, 4) is 11.6 Å². The van der Waals surface area contributed by atoms with Crippen molar-refractivity contribution in [3.63, 3.8) is 0 Å². The van der Waals surface area contributed by atoms with Crippen molar-refractivity contribution in [1.29, 1.82) is 0 Å². The smallest absolute Gasteiger partial charge is 0.292 e. The number of nitrogens with two attached hydrogens (primary N) is 1. The third-order valence-electron chi connectivity index (χ3n) is 5.06. The molecule has 0 atom stereocenters. The van der Waals surface area contributed by atoms with Crippen LogP contribution in [-0.4, -0.2) is 49.5 Å². The second-order valence-electron chi connectivity index (χ2n) is 7.41. The van der Waals surface area contributed by atoms with Crippen LogP contribution in [0.15, 0.2) is 61.8 Å². The molecule has 3 aromatic heterocycles. The van der Waals surface area contributed by atoms with Gasteiger partial charge in [0.15, 0.2) is 11.3 Å². The first-order valence-corrected chi connectivity index (χ1v) is 11.5. The fourth-order valence-electron chi connectivity index (χ4n) is 3.37.